The van der Waals surface area contributed by atoms with Crippen LogP contribution in [0.3, 0.4) is 0 Å². The highest BCUT2D eigenvalue weighted by atomic mass is 32.2. The van der Waals surface area contributed by atoms with Crippen LogP contribution in [0.2, 0.25) is 0 Å². The second-order valence-corrected chi connectivity index (χ2v) is 6.69. The van der Waals surface area contributed by atoms with Gasteiger partial charge in [-0.3, -0.25) is 4.72 Å². The fourth-order valence-electron chi connectivity index (χ4n) is 2.34. The molecule has 112 valence electrons. The molecule has 0 aliphatic carbocycles. The van der Waals surface area contributed by atoms with Crippen LogP contribution in [-0.4, -0.2) is 8.42 Å². The van der Waals surface area contributed by atoms with Crippen molar-refractivity contribution >= 4 is 26.6 Å². The first-order valence-electron chi connectivity index (χ1n) is 6.68. The van der Waals surface area contributed by atoms with Crippen LogP contribution in [0.15, 0.2) is 65.7 Å². The first kappa shape index (κ1) is 14.3. The summed E-state index contributed by atoms with van der Waals surface area (Å²) in [5.74, 6) is 0. The van der Waals surface area contributed by atoms with Gasteiger partial charge in [0.25, 0.3) is 10.0 Å². The van der Waals surface area contributed by atoms with E-state index in [0.717, 1.165) is 5.56 Å². The molecule has 3 rings (SSSR count). The number of hydrogen-bond donors (Lipinski definition) is 1. The Morgan fingerprint density at radius 3 is 2.50 bits per heavy atom. The largest absolute Gasteiger partial charge is 0.618 e. The van der Waals surface area contributed by atoms with Crippen molar-refractivity contribution in [3.05, 3.63) is 71.6 Å². The van der Waals surface area contributed by atoms with Crippen molar-refractivity contribution in [3.63, 3.8) is 0 Å². The topological polar surface area (TPSA) is 73.1 Å². The number of nitrogens with one attached hydrogen (secondary N) is 1. The molecular formula is C16H14N2O3S. The third-order valence-electron chi connectivity index (χ3n) is 3.29. The summed E-state index contributed by atoms with van der Waals surface area (Å²) in [4.78, 5) is 0.150. The molecule has 0 saturated heterocycles. The molecule has 0 atom stereocenters. The molecule has 0 aliphatic heterocycles. The summed E-state index contributed by atoms with van der Waals surface area (Å²) in [5.41, 5.74) is 1.37. The van der Waals surface area contributed by atoms with Gasteiger partial charge in [0, 0.05) is 5.56 Å². The van der Waals surface area contributed by atoms with E-state index in [4.69, 9.17) is 0 Å². The average molecular weight is 314 g/mol. The van der Waals surface area contributed by atoms with Crippen molar-refractivity contribution in [3.8, 4) is 0 Å². The predicted molar refractivity (Wildman–Crippen MR) is 84.9 cm³/mol. The number of fused-ring (bicyclic) bond motifs is 1. The summed E-state index contributed by atoms with van der Waals surface area (Å²) < 4.78 is 28.0. The summed E-state index contributed by atoms with van der Waals surface area (Å²) in [7, 11) is -3.73. The highest BCUT2D eigenvalue weighted by Gasteiger charge is 2.18. The van der Waals surface area contributed by atoms with Crippen LogP contribution < -0.4 is 9.45 Å². The fourth-order valence-corrected chi connectivity index (χ4v) is 3.43. The van der Waals surface area contributed by atoms with Crippen LogP contribution in [0.1, 0.15) is 5.56 Å². The monoisotopic (exact) mass is 314 g/mol. The van der Waals surface area contributed by atoms with Crippen LogP contribution in [-0.2, 0) is 10.0 Å². The summed E-state index contributed by atoms with van der Waals surface area (Å²) >= 11 is 0. The number of aryl methyl sites for hydroxylation is 1. The molecule has 22 heavy (non-hydrogen) atoms. The van der Waals surface area contributed by atoms with Crippen molar-refractivity contribution < 1.29 is 13.1 Å². The maximum atomic E-state index is 12.4. The molecular weight excluding hydrogens is 300 g/mol. The molecule has 2 aromatic carbocycles. The van der Waals surface area contributed by atoms with E-state index in [2.05, 4.69) is 4.72 Å². The Balaban J connectivity index is 2.12. The number of nitrogens with zero attached hydrogens (tertiary/aromatic N) is 1. The van der Waals surface area contributed by atoms with E-state index in [0.29, 0.717) is 15.6 Å². The van der Waals surface area contributed by atoms with E-state index in [1.54, 1.807) is 36.4 Å². The third kappa shape index (κ3) is 2.60. The first-order valence-corrected chi connectivity index (χ1v) is 8.16. The molecule has 0 saturated carbocycles. The van der Waals surface area contributed by atoms with Crippen molar-refractivity contribution in [2.75, 3.05) is 4.72 Å². The minimum absolute atomic E-state index is 0.150. The van der Waals surface area contributed by atoms with Gasteiger partial charge in [-0.05, 0) is 37.3 Å². The number of pyridine rings is 1. The Kier molecular flexibility index (Phi) is 3.46. The lowest BCUT2D eigenvalue weighted by Crippen LogP contribution is -2.28. The number of rotatable bonds is 3. The van der Waals surface area contributed by atoms with E-state index in [1.807, 2.05) is 13.0 Å². The lowest BCUT2D eigenvalue weighted by Gasteiger charge is -2.11. The summed E-state index contributed by atoms with van der Waals surface area (Å²) in [6, 6.07) is 14.9. The van der Waals surface area contributed by atoms with E-state index in [1.165, 1.54) is 18.3 Å². The Morgan fingerprint density at radius 2 is 1.77 bits per heavy atom. The van der Waals surface area contributed by atoms with Gasteiger partial charge in [0.2, 0.25) is 5.52 Å². The molecule has 6 heteroatoms. The Labute approximate surface area is 128 Å². The lowest BCUT2D eigenvalue weighted by atomic mass is 10.1. The van der Waals surface area contributed by atoms with Crippen molar-refractivity contribution in [2.24, 2.45) is 0 Å². The summed E-state index contributed by atoms with van der Waals surface area (Å²) in [6.07, 6.45) is 1.42. The van der Waals surface area contributed by atoms with Crippen LogP contribution in [0, 0.1) is 12.1 Å². The maximum Gasteiger partial charge on any atom is 0.262 e. The van der Waals surface area contributed by atoms with Gasteiger partial charge in [0.1, 0.15) is 5.69 Å². The standard InChI is InChI=1S/C16H14N2O3S/c1-12-10-13-6-5-9-15(16(13)18(19)11-12)17-22(20,21)14-7-3-2-4-8-14/h2-11,17H,1H3. The Bertz CT molecular complexity index is 938. The van der Waals surface area contributed by atoms with E-state index in [-0.39, 0.29) is 10.6 Å². The van der Waals surface area contributed by atoms with Crippen molar-refractivity contribution in [1.29, 1.82) is 0 Å². The van der Waals surface area contributed by atoms with Crippen LogP contribution in [0.4, 0.5) is 5.69 Å². The molecule has 0 radical (unpaired) electrons. The van der Waals surface area contributed by atoms with E-state index in [9.17, 15) is 13.6 Å². The molecule has 1 N–H and O–H groups in total. The quantitative estimate of drug-likeness (QED) is 0.596. The Morgan fingerprint density at radius 1 is 1.05 bits per heavy atom. The van der Waals surface area contributed by atoms with Crippen LogP contribution in [0.25, 0.3) is 10.9 Å². The number of para-hydroxylation sites is 1. The van der Waals surface area contributed by atoms with Gasteiger partial charge in [-0.15, -0.1) is 0 Å². The third-order valence-corrected chi connectivity index (χ3v) is 4.67. The minimum Gasteiger partial charge on any atom is -0.618 e. The molecule has 1 heterocycles. The van der Waals surface area contributed by atoms with Crippen molar-refractivity contribution in [2.45, 2.75) is 11.8 Å². The number of anilines is 1. The molecule has 0 bridgehead atoms. The second kappa shape index (κ2) is 5.31. The van der Waals surface area contributed by atoms with Crippen molar-refractivity contribution in [1.82, 2.24) is 0 Å². The van der Waals surface area contributed by atoms with Gasteiger partial charge in [-0.1, -0.05) is 24.3 Å². The SMILES string of the molecule is Cc1cc2cccc(NS(=O)(=O)c3ccccc3)c2[n+]([O-])c1. The zero-order valence-corrected chi connectivity index (χ0v) is 12.7. The van der Waals surface area contributed by atoms with Gasteiger partial charge < -0.3 is 5.21 Å². The smallest absolute Gasteiger partial charge is 0.262 e. The lowest BCUT2D eigenvalue weighted by molar-refractivity contribution is -0.576. The van der Waals surface area contributed by atoms with Crippen LogP contribution in [0.5, 0.6) is 0 Å². The molecule has 0 amide bonds. The predicted octanol–water partition coefficient (Wildman–Crippen LogP) is 2.58. The Hall–Kier alpha value is -2.60. The van der Waals surface area contributed by atoms with Gasteiger partial charge in [0.15, 0.2) is 6.20 Å². The fraction of sp³-hybridized carbons (Fsp3) is 0.0625. The van der Waals surface area contributed by atoms with E-state index >= 15 is 0 Å². The average Bonchev–Trinajstić information content (AvgIpc) is 2.47. The summed E-state index contributed by atoms with van der Waals surface area (Å²) in [6.45, 7) is 1.81. The molecule has 1 aromatic heterocycles. The summed E-state index contributed by atoms with van der Waals surface area (Å²) in [5, 5.41) is 12.8. The molecule has 0 aliphatic rings. The highest BCUT2D eigenvalue weighted by Crippen LogP contribution is 2.23. The van der Waals surface area contributed by atoms with E-state index < -0.39 is 10.0 Å². The van der Waals surface area contributed by atoms with Gasteiger partial charge >= 0.3 is 0 Å². The van der Waals surface area contributed by atoms with Gasteiger partial charge in [0.05, 0.1) is 10.3 Å². The number of hydrogen-bond acceptors (Lipinski definition) is 3. The normalized spacial score (nSPS) is 11.5. The molecule has 0 spiro atoms. The van der Waals surface area contributed by atoms with Crippen LogP contribution >= 0.6 is 0 Å². The number of sulfonamides is 1. The number of benzene rings is 2. The zero-order valence-electron chi connectivity index (χ0n) is 11.9. The minimum atomic E-state index is -3.73. The highest BCUT2D eigenvalue weighted by molar-refractivity contribution is 7.92. The second-order valence-electron chi connectivity index (χ2n) is 5.01. The van der Waals surface area contributed by atoms with Gasteiger partial charge in [-0.25, -0.2) is 8.42 Å². The number of aromatic nitrogens is 1. The maximum absolute atomic E-state index is 12.4. The molecule has 3 aromatic rings. The van der Waals surface area contributed by atoms with Gasteiger partial charge in [-0.2, -0.15) is 4.73 Å². The first-order chi connectivity index (χ1) is 10.5. The molecule has 5 nitrogen and oxygen atoms in total. The zero-order chi connectivity index (χ0) is 15.7. The molecule has 0 unspecified atom stereocenters. The molecule has 0 fully saturated rings.